The van der Waals surface area contributed by atoms with Crippen molar-refractivity contribution >= 4 is 58.3 Å². The van der Waals surface area contributed by atoms with E-state index in [0.717, 1.165) is 4.90 Å². The van der Waals surface area contributed by atoms with E-state index in [1.54, 1.807) is 36.4 Å². The number of imide groups is 1. The van der Waals surface area contributed by atoms with Crippen molar-refractivity contribution in [1.29, 1.82) is 0 Å². The second kappa shape index (κ2) is 8.47. The zero-order chi connectivity index (χ0) is 23.3. The van der Waals surface area contributed by atoms with Gasteiger partial charge < -0.3 is 10.1 Å². The number of ether oxygens (including phenoxy) is 1. The number of nitrogens with zero attached hydrogens (tertiary/aromatic N) is 1. The number of rotatable bonds is 5. The fraction of sp³-hybridized carbons (Fsp3) is 0.333. The van der Waals surface area contributed by atoms with Crippen molar-refractivity contribution < 1.29 is 23.9 Å². The second-order valence-corrected chi connectivity index (χ2v) is 9.56. The maximum absolute atomic E-state index is 13.1. The molecule has 1 heterocycles. The van der Waals surface area contributed by atoms with E-state index in [0.29, 0.717) is 17.8 Å². The summed E-state index contributed by atoms with van der Waals surface area (Å²) < 4.78 is 5.11. The number of esters is 1. The molecule has 1 aliphatic heterocycles. The molecule has 9 heteroatoms. The van der Waals surface area contributed by atoms with Crippen LogP contribution in [0.25, 0.3) is 0 Å². The fourth-order valence-corrected chi connectivity index (χ4v) is 6.20. The number of hydrogen-bond acceptors (Lipinski definition) is 5. The molecule has 3 amide bonds. The molecule has 2 bridgehead atoms. The summed E-state index contributed by atoms with van der Waals surface area (Å²) in [4.78, 5) is 52.0. The van der Waals surface area contributed by atoms with Crippen LogP contribution in [-0.2, 0) is 19.1 Å². The fourth-order valence-electron chi connectivity index (χ4n) is 5.31. The summed E-state index contributed by atoms with van der Waals surface area (Å²) in [5.41, 5.74) is 1.01. The molecule has 5 rings (SSSR count). The van der Waals surface area contributed by atoms with Crippen molar-refractivity contribution in [1.82, 2.24) is 0 Å². The molecular weight excluding hydrogens is 467 g/mol. The Morgan fingerprint density at radius 1 is 0.939 bits per heavy atom. The van der Waals surface area contributed by atoms with Gasteiger partial charge in [-0.05, 0) is 48.6 Å². The lowest BCUT2D eigenvalue weighted by Gasteiger charge is -2.28. The number of halogens is 2. The van der Waals surface area contributed by atoms with E-state index in [1.807, 2.05) is 6.07 Å². The lowest BCUT2D eigenvalue weighted by atomic mass is 9.80. The summed E-state index contributed by atoms with van der Waals surface area (Å²) >= 11 is 12.8. The Bertz CT molecular complexity index is 1110. The first-order valence-electron chi connectivity index (χ1n) is 10.6. The highest BCUT2D eigenvalue weighted by molar-refractivity contribution is 6.32. The largest absolute Gasteiger partial charge is 0.452 e. The number of carbonyl (C=O) groups excluding carboxylic acids is 4. The van der Waals surface area contributed by atoms with Gasteiger partial charge >= 0.3 is 5.97 Å². The van der Waals surface area contributed by atoms with E-state index in [-0.39, 0.29) is 40.0 Å². The monoisotopic (exact) mass is 486 g/mol. The van der Waals surface area contributed by atoms with E-state index in [4.69, 9.17) is 27.9 Å². The summed E-state index contributed by atoms with van der Waals surface area (Å²) in [6.07, 6.45) is 0.681. The molecule has 1 saturated heterocycles. The van der Waals surface area contributed by atoms with Gasteiger partial charge in [-0.1, -0.05) is 24.3 Å². The van der Waals surface area contributed by atoms with Gasteiger partial charge in [-0.3, -0.25) is 19.3 Å². The van der Waals surface area contributed by atoms with Gasteiger partial charge in [-0.25, -0.2) is 4.79 Å². The minimum absolute atomic E-state index is 0.123. The van der Waals surface area contributed by atoms with Crippen molar-refractivity contribution in [2.24, 2.45) is 23.7 Å². The Kier molecular flexibility index (Phi) is 5.62. The van der Waals surface area contributed by atoms with Crippen molar-refractivity contribution in [3.63, 3.8) is 0 Å². The Hall–Kier alpha value is -2.90. The van der Waals surface area contributed by atoms with E-state index in [9.17, 15) is 19.2 Å². The quantitative estimate of drug-likeness (QED) is 0.396. The highest BCUT2D eigenvalue weighted by Crippen LogP contribution is 2.59. The topological polar surface area (TPSA) is 92.8 Å². The van der Waals surface area contributed by atoms with Gasteiger partial charge in [0.25, 0.3) is 5.91 Å². The summed E-state index contributed by atoms with van der Waals surface area (Å²) in [5.74, 6) is -3.02. The normalized spacial score (nSPS) is 29.8. The van der Waals surface area contributed by atoms with Gasteiger partial charge in [0.2, 0.25) is 11.8 Å². The van der Waals surface area contributed by atoms with Crippen LogP contribution in [0.15, 0.2) is 54.6 Å². The molecule has 2 aliphatic carbocycles. The Labute approximate surface area is 200 Å². The molecular formula is C24H20Cl2N2O5. The van der Waals surface area contributed by atoms with Crippen LogP contribution in [0.3, 0.4) is 0 Å². The molecule has 3 fully saturated rings. The molecule has 0 spiro atoms. The standard InChI is InChI=1S/C24H20Cl2N2O5/c25-20-15-10-16(21(20)26)19-18(15)22(30)28(23(19)31)14-8-4-5-12(9-14)24(32)33-11-17(29)27-13-6-2-1-3-7-13/h1-9,15-16,18-21H,10-11H2,(H,27,29)/t15-,16-,18-,19-,20+,21+/m1/s1. The van der Waals surface area contributed by atoms with Crippen LogP contribution in [0.5, 0.6) is 0 Å². The molecule has 170 valence electrons. The number of nitrogens with one attached hydrogen (secondary N) is 1. The lowest BCUT2D eigenvalue weighted by Crippen LogP contribution is -2.37. The molecule has 2 saturated carbocycles. The van der Waals surface area contributed by atoms with Crippen LogP contribution in [0, 0.1) is 23.7 Å². The minimum Gasteiger partial charge on any atom is -0.452 e. The van der Waals surface area contributed by atoms with E-state index < -0.39 is 30.3 Å². The molecule has 0 radical (unpaired) electrons. The molecule has 0 aromatic heterocycles. The number of anilines is 2. The summed E-state index contributed by atoms with van der Waals surface area (Å²) in [5, 5.41) is 1.95. The van der Waals surface area contributed by atoms with Crippen LogP contribution in [-0.4, -0.2) is 41.1 Å². The van der Waals surface area contributed by atoms with Gasteiger partial charge in [0, 0.05) is 5.69 Å². The minimum atomic E-state index is -0.735. The van der Waals surface area contributed by atoms with Crippen molar-refractivity contribution in [2.75, 3.05) is 16.8 Å². The lowest BCUT2D eigenvalue weighted by molar-refractivity contribution is -0.123. The Morgan fingerprint density at radius 2 is 1.58 bits per heavy atom. The maximum atomic E-state index is 13.1. The zero-order valence-electron chi connectivity index (χ0n) is 17.3. The summed E-state index contributed by atoms with van der Waals surface area (Å²) in [7, 11) is 0. The highest BCUT2D eigenvalue weighted by Gasteiger charge is 2.66. The molecule has 2 aromatic carbocycles. The highest BCUT2D eigenvalue weighted by atomic mass is 35.5. The summed E-state index contributed by atoms with van der Waals surface area (Å²) in [6.45, 7) is -0.471. The number of fused-ring (bicyclic) bond motifs is 5. The van der Waals surface area contributed by atoms with Gasteiger partial charge in [0.1, 0.15) is 0 Å². The van der Waals surface area contributed by atoms with Crippen LogP contribution in [0.4, 0.5) is 11.4 Å². The predicted octanol–water partition coefficient (Wildman–Crippen LogP) is 3.45. The van der Waals surface area contributed by atoms with Crippen molar-refractivity contribution in [3.05, 3.63) is 60.2 Å². The first kappa shape index (κ1) is 21.9. The third-order valence-electron chi connectivity index (χ3n) is 6.72. The number of hydrogen-bond donors (Lipinski definition) is 1. The first-order valence-corrected chi connectivity index (χ1v) is 11.5. The summed E-state index contributed by atoms with van der Waals surface area (Å²) in [6, 6.07) is 14.9. The molecule has 1 N–H and O–H groups in total. The van der Waals surface area contributed by atoms with Gasteiger partial charge in [0.15, 0.2) is 6.61 Å². The Balaban J connectivity index is 1.28. The van der Waals surface area contributed by atoms with E-state index >= 15 is 0 Å². The van der Waals surface area contributed by atoms with E-state index in [2.05, 4.69) is 5.32 Å². The molecule has 6 atom stereocenters. The van der Waals surface area contributed by atoms with Crippen molar-refractivity contribution in [2.45, 2.75) is 17.2 Å². The van der Waals surface area contributed by atoms with Crippen LogP contribution in [0.1, 0.15) is 16.8 Å². The molecule has 33 heavy (non-hydrogen) atoms. The van der Waals surface area contributed by atoms with Crippen LogP contribution >= 0.6 is 23.2 Å². The smallest absolute Gasteiger partial charge is 0.338 e. The van der Waals surface area contributed by atoms with Crippen LogP contribution in [0.2, 0.25) is 0 Å². The number of para-hydroxylation sites is 1. The van der Waals surface area contributed by atoms with Crippen molar-refractivity contribution in [3.8, 4) is 0 Å². The molecule has 0 unspecified atom stereocenters. The molecule has 2 aromatic rings. The molecule has 3 aliphatic rings. The van der Waals surface area contributed by atoms with Crippen LogP contribution < -0.4 is 10.2 Å². The third-order valence-corrected chi connectivity index (χ3v) is 8.04. The SMILES string of the molecule is O=C(COC(=O)c1cccc(N2C(=O)[C@@H]3[C@H]4C[C@@H]([C@H](Cl)[C@H]4Cl)[C@H]3C2=O)c1)Nc1ccccc1. The number of carbonyl (C=O) groups is 4. The average molecular weight is 487 g/mol. The second-order valence-electron chi connectivity index (χ2n) is 8.56. The van der Waals surface area contributed by atoms with Gasteiger partial charge in [-0.2, -0.15) is 0 Å². The first-order chi connectivity index (χ1) is 15.9. The third kappa shape index (κ3) is 3.69. The predicted molar refractivity (Wildman–Crippen MR) is 122 cm³/mol. The van der Waals surface area contributed by atoms with Gasteiger partial charge in [0.05, 0.1) is 33.8 Å². The zero-order valence-corrected chi connectivity index (χ0v) is 18.8. The maximum Gasteiger partial charge on any atom is 0.338 e. The number of amides is 3. The molecule has 7 nitrogen and oxygen atoms in total. The number of alkyl halides is 2. The number of benzene rings is 2. The Morgan fingerprint density at radius 3 is 2.21 bits per heavy atom. The van der Waals surface area contributed by atoms with Gasteiger partial charge in [-0.15, -0.1) is 23.2 Å². The van der Waals surface area contributed by atoms with E-state index in [1.165, 1.54) is 12.1 Å². The average Bonchev–Trinajstić information content (AvgIpc) is 3.43.